The highest BCUT2D eigenvalue weighted by Gasteiger charge is 2.44. The van der Waals surface area contributed by atoms with Crippen LogP contribution in [0.5, 0.6) is 0 Å². The Kier molecular flexibility index (Phi) is 8.17. The van der Waals surface area contributed by atoms with Crippen LogP contribution in [0, 0.1) is 5.92 Å². The fourth-order valence-corrected chi connectivity index (χ4v) is 5.35. The molecule has 0 aliphatic carbocycles. The van der Waals surface area contributed by atoms with E-state index in [0.717, 1.165) is 12.0 Å². The van der Waals surface area contributed by atoms with Crippen LogP contribution in [0.3, 0.4) is 0 Å². The van der Waals surface area contributed by atoms with Crippen molar-refractivity contribution in [3.05, 3.63) is 35.9 Å². The number of ether oxygens (including phenoxy) is 2. The van der Waals surface area contributed by atoms with Crippen LogP contribution in [-0.4, -0.2) is 57.0 Å². The van der Waals surface area contributed by atoms with Crippen LogP contribution in [-0.2, 0) is 25.3 Å². The standard InChI is InChI=1S/C25H39NO5Si/c1-25(2,3)32(4,5)31-13-9-12-23(27)20-14-21-17-29-18-22(15-20)26(21)24(28)30-16-19-10-7-6-8-11-19/h6-8,10-11,20-22H,9,12-18H2,1-5H3. The number of hydrogen-bond donors (Lipinski definition) is 0. The van der Waals surface area contributed by atoms with Gasteiger partial charge in [0.05, 0.1) is 25.3 Å². The lowest BCUT2D eigenvalue weighted by molar-refractivity contribution is -0.131. The number of fused-ring (bicyclic) bond motifs is 2. The first-order valence-electron chi connectivity index (χ1n) is 11.8. The summed E-state index contributed by atoms with van der Waals surface area (Å²) in [5, 5.41) is 0.177. The molecule has 2 atom stereocenters. The summed E-state index contributed by atoms with van der Waals surface area (Å²) in [6.45, 7) is 13.0. The maximum atomic E-state index is 12.9. The number of Topliss-reactive ketones (excluding diaryl/α,β-unsaturated/α-hetero) is 1. The van der Waals surface area contributed by atoms with Gasteiger partial charge >= 0.3 is 6.09 Å². The van der Waals surface area contributed by atoms with Crippen molar-refractivity contribution in [2.45, 2.75) is 83.3 Å². The van der Waals surface area contributed by atoms with E-state index in [0.29, 0.717) is 39.1 Å². The molecule has 3 rings (SSSR count). The zero-order valence-electron chi connectivity index (χ0n) is 20.3. The lowest BCUT2D eigenvalue weighted by atomic mass is 9.81. The highest BCUT2D eigenvalue weighted by molar-refractivity contribution is 6.74. The number of piperidine rings is 1. The third-order valence-corrected chi connectivity index (χ3v) is 11.8. The fourth-order valence-electron chi connectivity index (χ4n) is 4.26. The Morgan fingerprint density at radius 1 is 1.09 bits per heavy atom. The Morgan fingerprint density at radius 3 is 2.31 bits per heavy atom. The van der Waals surface area contributed by atoms with Gasteiger partial charge in [0, 0.05) is 18.9 Å². The predicted molar refractivity (Wildman–Crippen MR) is 127 cm³/mol. The van der Waals surface area contributed by atoms with Gasteiger partial charge in [0.15, 0.2) is 8.32 Å². The molecule has 2 aliphatic rings. The topological polar surface area (TPSA) is 65.1 Å². The smallest absolute Gasteiger partial charge is 0.410 e. The van der Waals surface area contributed by atoms with Crippen molar-refractivity contribution in [1.82, 2.24) is 4.90 Å². The predicted octanol–water partition coefficient (Wildman–Crippen LogP) is 5.17. The summed E-state index contributed by atoms with van der Waals surface area (Å²) < 4.78 is 17.5. The molecule has 0 saturated carbocycles. The molecule has 178 valence electrons. The van der Waals surface area contributed by atoms with E-state index in [9.17, 15) is 9.59 Å². The summed E-state index contributed by atoms with van der Waals surface area (Å²) in [6, 6.07) is 9.49. The van der Waals surface area contributed by atoms with E-state index in [1.807, 2.05) is 35.2 Å². The molecular weight excluding hydrogens is 422 g/mol. The quantitative estimate of drug-likeness (QED) is 0.394. The van der Waals surface area contributed by atoms with Gasteiger partial charge in [-0.05, 0) is 43.0 Å². The Bertz CT molecular complexity index is 762. The molecule has 2 saturated heterocycles. The van der Waals surface area contributed by atoms with Gasteiger partial charge in [-0.3, -0.25) is 9.69 Å². The lowest BCUT2D eigenvalue weighted by Crippen LogP contribution is -2.59. The number of amides is 1. The van der Waals surface area contributed by atoms with E-state index >= 15 is 0 Å². The second-order valence-electron chi connectivity index (χ2n) is 10.6. The van der Waals surface area contributed by atoms with Crippen molar-refractivity contribution in [3.63, 3.8) is 0 Å². The van der Waals surface area contributed by atoms with Gasteiger partial charge in [-0.2, -0.15) is 0 Å². The zero-order chi connectivity index (χ0) is 23.4. The van der Waals surface area contributed by atoms with Gasteiger partial charge in [-0.25, -0.2) is 4.79 Å². The minimum atomic E-state index is -1.78. The molecule has 2 fully saturated rings. The number of hydrogen-bond acceptors (Lipinski definition) is 5. The van der Waals surface area contributed by atoms with Crippen molar-refractivity contribution in [2.24, 2.45) is 5.92 Å². The molecule has 2 bridgehead atoms. The van der Waals surface area contributed by atoms with Gasteiger partial charge in [0.1, 0.15) is 12.4 Å². The van der Waals surface area contributed by atoms with Crippen LogP contribution in [0.2, 0.25) is 18.1 Å². The first-order chi connectivity index (χ1) is 15.1. The van der Waals surface area contributed by atoms with E-state index in [1.54, 1.807) is 0 Å². The molecule has 1 amide bonds. The van der Waals surface area contributed by atoms with E-state index in [2.05, 4.69) is 33.9 Å². The number of morpholine rings is 1. The maximum absolute atomic E-state index is 12.9. The molecule has 1 aromatic carbocycles. The van der Waals surface area contributed by atoms with Gasteiger partial charge < -0.3 is 13.9 Å². The maximum Gasteiger partial charge on any atom is 0.410 e. The third-order valence-electron chi connectivity index (χ3n) is 7.23. The largest absolute Gasteiger partial charge is 0.445 e. The first-order valence-corrected chi connectivity index (χ1v) is 14.7. The highest BCUT2D eigenvalue weighted by Crippen LogP contribution is 2.37. The van der Waals surface area contributed by atoms with Crippen molar-refractivity contribution in [1.29, 1.82) is 0 Å². The molecular formula is C25H39NO5Si. The molecule has 32 heavy (non-hydrogen) atoms. The van der Waals surface area contributed by atoms with Crippen molar-refractivity contribution < 1.29 is 23.5 Å². The number of carbonyl (C=O) groups is 2. The van der Waals surface area contributed by atoms with Crippen molar-refractivity contribution >= 4 is 20.2 Å². The SMILES string of the molecule is CC(C)(C)[Si](C)(C)OCCCC(=O)C1CC2COCC(C1)N2C(=O)OCc1ccccc1. The van der Waals surface area contributed by atoms with Crippen LogP contribution >= 0.6 is 0 Å². The van der Waals surface area contributed by atoms with Gasteiger partial charge in [0.25, 0.3) is 0 Å². The average molecular weight is 462 g/mol. The van der Waals surface area contributed by atoms with Crippen LogP contribution in [0.4, 0.5) is 4.79 Å². The summed E-state index contributed by atoms with van der Waals surface area (Å²) in [4.78, 5) is 27.5. The Morgan fingerprint density at radius 2 is 1.72 bits per heavy atom. The highest BCUT2D eigenvalue weighted by atomic mass is 28.4. The molecule has 6 nitrogen and oxygen atoms in total. The lowest BCUT2D eigenvalue weighted by Gasteiger charge is -2.47. The Hall–Kier alpha value is -1.70. The molecule has 0 N–H and O–H groups in total. The molecule has 2 heterocycles. The van der Waals surface area contributed by atoms with Crippen LogP contribution < -0.4 is 0 Å². The van der Waals surface area contributed by atoms with Crippen LogP contribution in [0.15, 0.2) is 30.3 Å². The second-order valence-corrected chi connectivity index (χ2v) is 15.4. The number of carbonyl (C=O) groups excluding carboxylic acids is 2. The van der Waals surface area contributed by atoms with E-state index in [-0.39, 0.29) is 41.5 Å². The summed E-state index contributed by atoms with van der Waals surface area (Å²) in [5.41, 5.74) is 0.965. The number of rotatable bonds is 8. The van der Waals surface area contributed by atoms with Gasteiger partial charge in [-0.1, -0.05) is 51.1 Å². The Labute approximate surface area is 193 Å². The summed E-state index contributed by atoms with van der Waals surface area (Å²) in [5.74, 6) is 0.276. The first kappa shape index (κ1) is 24.9. The monoisotopic (exact) mass is 461 g/mol. The molecule has 0 spiro atoms. The summed E-state index contributed by atoms with van der Waals surface area (Å²) in [6.07, 6.45) is 2.30. The minimum absolute atomic E-state index is 0.0139. The fraction of sp³-hybridized carbons (Fsp3) is 0.680. The normalized spacial score (nSPS) is 23.7. The molecule has 0 aromatic heterocycles. The Balaban J connectivity index is 1.48. The zero-order valence-corrected chi connectivity index (χ0v) is 21.3. The van der Waals surface area contributed by atoms with E-state index < -0.39 is 8.32 Å². The summed E-state index contributed by atoms with van der Waals surface area (Å²) in [7, 11) is -1.78. The number of ketones is 1. The van der Waals surface area contributed by atoms with Crippen LogP contribution in [0.1, 0.15) is 52.0 Å². The molecule has 0 radical (unpaired) electrons. The molecule has 2 unspecified atom stereocenters. The van der Waals surface area contributed by atoms with E-state index in [4.69, 9.17) is 13.9 Å². The summed E-state index contributed by atoms with van der Waals surface area (Å²) >= 11 is 0. The molecule has 2 aliphatic heterocycles. The average Bonchev–Trinajstić information content (AvgIpc) is 2.74. The van der Waals surface area contributed by atoms with E-state index in [1.165, 1.54) is 0 Å². The molecule has 1 aromatic rings. The van der Waals surface area contributed by atoms with Crippen molar-refractivity contribution in [2.75, 3.05) is 19.8 Å². The molecule has 7 heteroatoms. The number of benzene rings is 1. The van der Waals surface area contributed by atoms with Crippen molar-refractivity contribution in [3.8, 4) is 0 Å². The van der Waals surface area contributed by atoms with Crippen LogP contribution in [0.25, 0.3) is 0 Å². The number of nitrogens with zero attached hydrogens (tertiary/aromatic N) is 1. The van der Waals surface area contributed by atoms with Gasteiger partial charge in [0.2, 0.25) is 0 Å². The third kappa shape index (κ3) is 6.20. The minimum Gasteiger partial charge on any atom is -0.445 e. The second kappa shape index (κ2) is 10.5. The van der Waals surface area contributed by atoms with Gasteiger partial charge in [-0.15, -0.1) is 0 Å².